The fraction of sp³-hybridized carbons (Fsp3) is 0.438. The van der Waals surface area contributed by atoms with Gasteiger partial charge >= 0.3 is 0 Å². The van der Waals surface area contributed by atoms with Crippen molar-refractivity contribution in [2.75, 3.05) is 0 Å². The standard InChI is InChI=1S/C16H21ClFN3/c1-10(2)19-8-15-11(3)20-21(12(15)4)9-13-7-14(17)5-6-16(13)18/h5-7,10,19H,8-9H2,1-4H3. The van der Waals surface area contributed by atoms with E-state index < -0.39 is 0 Å². The molecule has 0 amide bonds. The molecular weight excluding hydrogens is 289 g/mol. The van der Waals surface area contributed by atoms with Crippen molar-refractivity contribution >= 4 is 11.6 Å². The number of aryl methyl sites for hydroxylation is 1. The lowest BCUT2D eigenvalue weighted by molar-refractivity contribution is 0.574. The molecule has 0 spiro atoms. The number of halogens is 2. The van der Waals surface area contributed by atoms with E-state index in [4.69, 9.17) is 11.6 Å². The van der Waals surface area contributed by atoms with E-state index in [-0.39, 0.29) is 5.82 Å². The zero-order chi connectivity index (χ0) is 15.6. The van der Waals surface area contributed by atoms with Crippen LogP contribution >= 0.6 is 11.6 Å². The van der Waals surface area contributed by atoms with Crippen LogP contribution in [0.1, 0.15) is 36.4 Å². The minimum atomic E-state index is -0.256. The third-order valence-corrected chi connectivity index (χ3v) is 3.78. The Morgan fingerprint density at radius 2 is 2.05 bits per heavy atom. The molecule has 21 heavy (non-hydrogen) atoms. The van der Waals surface area contributed by atoms with Crippen molar-refractivity contribution in [3.63, 3.8) is 0 Å². The molecule has 0 radical (unpaired) electrons. The van der Waals surface area contributed by atoms with Crippen LogP contribution < -0.4 is 5.32 Å². The van der Waals surface area contributed by atoms with E-state index in [1.165, 1.54) is 11.6 Å². The number of nitrogens with zero attached hydrogens (tertiary/aromatic N) is 2. The summed E-state index contributed by atoms with van der Waals surface area (Å²) < 4.78 is 15.7. The van der Waals surface area contributed by atoms with E-state index in [0.29, 0.717) is 23.2 Å². The fourth-order valence-corrected chi connectivity index (χ4v) is 2.47. The molecule has 0 bridgehead atoms. The first-order valence-corrected chi connectivity index (χ1v) is 7.46. The fourth-order valence-electron chi connectivity index (χ4n) is 2.28. The second-order valence-electron chi connectivity index (χ2n) is 5.58. The molecule has 0 aliphatic heterocycles. The summed E-state index contributed by atoms with van der Waals surface area (Å²) in [6.07, 6.45) is 0. The van der Waals surface area contributed by atoms with E-state index in [1.807, 2.05) is 18.5 Å². The smallest absolute Gasteiger partial charge is 0.128 e. The van der Waals surface area contributed by atoms with Gasteiger partial charge in [-0.05, 0) is 32.0 Å². The topological polar surface area (TPSA) is 29.9 Å². The maximum absolute atomic E-state index is 13.8. The Labute approximate surface area is 130 Å². The summed E-state index contributed by atoms with van der Waals surface area (Å²) in [5.41, 5.74) is 3.76. The average molecular weight is 310 g/mol. The first-order valence-electron chi connectivity index (χ1n) is 7.08. The molecular formula is C16H21ClFN3. The molecule has 2 rings (SSSR count). The number of rotatable bonds is 5. The van der Waals surface area contributed by atoms with Gasteiger partial charge in [-0.1, -0.05) is 25.4 Å². The van der Waals surface area contributed by atoms with E-state index in [9.17, 15) is 4.39 Å². The molecule has 114 valence electrons. The lowest BCUT2D eigenvalue weighted by Crippen LogP contribution is -2.22. The molecule has 1 heterocycles. The van der Waals surface area contributed by atoms with Crippen LogP contribution in [0.15, 0.2) is 18.2 Å². The van der Waals surface area contributed by atoms with Gasteiger partial charge in [0.15, 0.2) is 0 Å². The van der Waals surface area contributed by atoms with Crippen molar-refractivity contribution in [1.82, 2.24) is 15.1 Å². The first kappa shape index (κ1) is 16.0. The molecule has 0 aliphatic rings. The van der Waals surface area contributed by atoms with Gasteiger partial charge in [-0.25, -0.2) is 4.39 Å². The third-order valence-electron chi connectivity index (χ3n) is 3.55. The van der Waals surface area contributed by atoms with Gasteiger partial charge in [0.1, 0.15) is 5.82 Å². The summed E-state index contributed by atoms with van der Waals surface area (Å²) in [6, 6.07) is 5.02. The van der Waals surface area contributed by atoms with Crippen LogP contribution in [0.2, 0.25) is 5.02 Å². The Morgan fingerprint density at radius 3 is 2.71 bits per heavy atom. The second kappa shape index (κ2) is 6.58. The van der Waals surface area contributed by atoms with Gasteiger partial charge in [-0.2, -0.15) is 5.10 Å². The van der Waals surface area contributed by atoms with Gasteiger partial charge < -0.3 is 5.32 Å². The number of hydrogen-bond acceptors (Lipinski definition) is 2. The van der Waals surface area contributed by atoms with E-state index in [1.54, 1.807) is 12.1 Å². The summed E-state index contributed by atoms with van der Waals surface area (Å²) >= 11 is 5.94. The molecule has 5 heteroatoms. The van der Waals surface area contributed by atoms with E-state index >= 15 is 0 Å². The highest BCUT2D eigenvalue weighted by Gasteiger charge is 2.13. The molecule has 2 aromatic rings. The van der Waals surface area contributed by atoms with Gasteiger partial charge in [0.2, 0.25) is 0 Å². The van der Waals surface area contributed by atoms with Gasteiger partial charge in [-0.15, -0.1) is 0 Å². The molecule has 0 unspecified atom stereocenters. The van der Waals surface area contributed by atoms with Crippen LogP contribution in [0.5, 0.6) is 0 Å². The molecule has 3 nitrogen and oxygen atoms in total. The quantitative estimate of drug-likeness (QED) is 0.909. The Balaban J connectivity index is 2.25. The number of nitrogens with one attached hydrogen (secondary N) is 1. The lowest BCUT2D eigenvalue weighted by Gasteiger charge is -2.09. The summed E-state index contributed by atoms with van der Waals surface area (Å²) in [5.74, 6) is -0.256. The molecule has 1 aromatic heterocycles. The number of aromatic nitrogens is 2. The molecule has 0 saturated carbocycles. The van der Waals surface area contributed by atoms with Crippen molar-refractivity contribution in [2.45, 2.75) is 46.8 Å². The lowest BCUT2D eigenvalue weighted by atomic mass is 10.1. The van der Waals surface area contributed by atoms with Crippen LogP contribution in [0.3, 0.4) is 0 Å². The summed E-state index contributed by atoms with van der Waals surface area (Å²) in [6.45, 7) is 9.37. The van der Waals surface area contributed by atoms with Gasteiger partial charge in [0, 0.05) is 34.4 Å². The Kier molecular flexibility index (Phi) is 5.01. The average Bonchev–Trinajstić information content (AvgIpc) is 2.66. The highest BCUT2D eigenvalue weighted by atomic mass is 35.5. The third kappa shape index (κ3) is 3.83. The monoisotopic (exact) mass is 309 g/mol. The van der Waals surface area contributed by atoms with Crippen LogP contribution in [-0.2, 0) is 13.1 Å². The van der Waals surface area contributed by atoms with Gasteiger partial charge in [0.25, 0.3) is 0 Å². The van der Waals surface area contributed by atoms with Gasteiger partial charge in [-0.3, -0.25) is 4.68 Å². The van der Waals surface area contributed by atoms with Crippen LogP contribution in [0.4, 0.5) is 4.39 Å². The van der Waals surface area contributed by atoms with Crippen LogP contribution in [-0.4, -0.2) is 15.8 Å². The zero-order valence-electron chi connectivity index (χ0n) is 12.9. The Bertz CT molecular complexity index is 635. The summed E-state index contributed by atoms with van der Waals surface area (Å²) in [4.78, 5) is 0. The van der Waals surface area contributed by atoms with Crippen molar-refractivity contribution < 1.29 is 4.39 Å². The van der Waals surface area contributed by atoms with Crippen molar-refractivity contribution in [1.29, 1.82) is 0 Å². The first-order chi connectivity index (χ1) is 9.88. The normalized spacial score (nSPS) is 11.4. The molecule has 0 saturated heterocycles. The predicted octanol–water partition coefficient (Wildman–Crippen LogP) is 3.84. The summed E-state index contributed by atoms with van der Waals surface area (Å²) in [7, 11) is 0. The minimum absolute atomic E-state index is 0.256. The van der Waals surface area contributed by atoms with Crippen molar-refractivity contribution in [2.24, 2.45) is 0 Å². The summed E-state index contributed by atoms with van der Waals surface area (Å²) in [5, 5.41) is 8.45. The van der Waals surface area contributed by atoms with Crippen molar-refractivity contribution in [3.05, 3.63) is 51.6 Å². The molecule has 0 fully saturated rings. The second-order valence-corrected chi connectivity index (χ2v) is 6.01. The Morgan fingerprint density at radius 1 is 1.33 bits per heavy atom. The number of hydrogen-bond donors (Lipinski definition) is 1. The molecule has 0 atom stereocenters. The molecule has 0 aliphatic carbocycles. The predicted molar refractivity (Wildman–Crippen MR) is 84.2 cm³/mol. The SMILES string of the molecule is Cc1nn(Cc2cc(Cl)ccc2F)c(C)c1CNC(C)C. The number of benzene rings is 1. The van der Waals surface area contributed by atoms with Gasteiger partial charge in [0.05, 0.1) is 12.2 Å². The maximum atomic E-state index is 13.8. The van der Waals surface area contributed by atoms with E-state index in [0.717, 1.165) is 17.9 Å². The Hall–Kier alpha value is -1.39. The highest BCUT2D eigenvalue weighted by molar-refractivity contribution is 6.30. The van der Waals surface area contributed by atoms with Crippen LogP contribution in [0.25, 0.3) is 0 Å². The highest BCUT2D eigenvalue weighted by Crippen LogP contribution is 2.19. The van der Waals surface area contributed by atoms with Crippen LogP contribution in [0, 0.1) is 19.7 Å². The maximum Gasteiger partial charge on any atom is 0.128 e. The largest absolute Gasteiger partial charge is 0.310 e. The molecule has 1 aromatic carbocycles. The molecule has 1 N–H and O–H groups in total. The van der Waals surface area contributed by atoms with E-state index in [2.05, 4.69) is 24.3 Å². The van der Waals surface area contributed by atoms with Crippen molar-refractivity contribution in [3.8, 4) is 0 Å². The zero-order valence-corrected chi connectivity index (χ0v) is 13.6. The minimum Gasteiger partial charge on any atom is -0.310 e.